The lowest BCUT2D eigenvalue weighted by Gasteiger charge is -2.16. The van der Waals surface area contributed by atoms with Gasteiger partial charge < -0.3 is 14.0 Å². The van der Waals surface area contributed by atoms with Crippen LogP contribution < -0.4 is 9.47 Å². The molecule has 0 unspecified atom stereocenters. The van der Waals surface area contributed by atoms with E-state index >= 15 is 0 Å². The molecular formula is C20H21F2N3O3. The molecular weight excluding hydrogens is 368 g/mol. The Morgan fingerprint density at radius 2 is 1.93 bits per heavy atom. The van der Waals surface area contributed by atoms with Gasteiger partial charge in [0.15, 0.2) is 11.5 Å². The van der Waals surface area contributed by atoms with Crippen LogP contribution in [0.25, 0.3) is 11.4 Å². The molecule has 0 spiro atoms. The zero-order valence-corrected chi connectivity index (χ0v) is 15.9. The van der Waals surface area contributed by atoms with E-state index in [-0.39, 0.29) is 11.5 Å². The van der Waals surface area contributed by atoms with Gasteiger partial charge in [-0.2, -0.15) is 13.8 Å². The summed E-state index contributed by atoms with van der Waals surface area (Å²) in [5, 5.41) is 4.02. The second kappa shape index (κ2) is 8.79. The fourth-order valence-electron chi connectivity index (χ4n) is 2.83. The summed E-state index contributed by atoms with van der Waals surface area (Å²) in [4.78, 5) is 6.36. The van der Waals surface area contributed by atoms with Gasteiger partial charge in [-0.3, -0.25) is 4.90 Å². The van der Waals surface area contributed by atoms with Gasteiger partial charge in [0, 0.05) is 12.1 Å². The van der Waals surface area contributed by atoms with Gasteiger partial charge in [-0.15, -0.1) is 0 Å². The zero-order chi connectivity index (χ0) is 20.1. The molecule has 0 aliphatic heterocycles. The van der Waals surface area contributed by atoms with Crippen molar-refractivity contribution in [1.29, 1.82) is 0 Å². The highest BCUT2D eigenvalue weighted by Gasteiger charge is 2.14. The molecule has 0 aliphatic rings. The van der Waals surface area contributed by atoms with E-state index in [1.165, 1.54) is 13.2 Å². The van der Waals surface area contributed by atoms with Crippen molar-refractivity contribution in [2.24, 2.45) is 0 Å². The number of rotatable bonds is 8. The Morgan fingerprint density at radius 3 is 2.64 bits per heavy atom. The molecule has 2 aromatic carbocycles. The van der Waals surface area contributed by atoms with E-state index in [0.717, 1.165) is 16.7 Å². The summed E-state index contributed by atoms with van der Waals surface area (Å²) in [7, 11) is 3.27. The largest absolute Gasteiger partial charge is 0.493 e. The SMILES string of the molecule is COc1ccc(CN(C)Cc2nc(-c3cccc(C)c3)no2)cc1OC(F)F. The average molecular weight is 389 g/mol. The van der Waals surface area contributed by atoms with Crippen molar-refractivity contribution in [3.8, 4) is 22.9 Å². The number of benzene rings is 2. The number of nitrogens with zero attached hydrogens (tertiary/aromatic N) is 3. The van der Waals surface area contributed by atoms with Crippen LogP contribution in [0.2, 0.25) is 0 Å². The van der Waals surface area contributed by atoms with Crippen molar-refractivity contribution in [3.05, 3.63) is 59.5 Å². The molecule has 0 saturated heterocycles. The number of alkyl halides is 2. The van der Waals surface area contributed by atoms with Crippen LogP contribution in [0.3, 0.4) is 0 Å². The number of aryl methyl sites for hydroxylation is 1. The first-order valence-corrected chi connectivity index (χ1v) is 8.64. The van der Waals surface area contributed by atoms with E-state index in [4.69, 9.17) is 9.26 Å². The Morgan fingerprint density at radius 1 is 1.11 bits per heavy atom. The van der Waals surface area contributed by atoms with E-state index in [9.17, 15) is 8.78 Å². The highest BCUT2D eigenvalue weighted by Crippen LogP contribution is 2.30. The molecule has 0 N–H and O–H groups in total. The summed E-state index contributed by atoms with van der Waals surface area (Å²) in [6.07, 6.45) is 0. The van der Waals surface area contributed by atoms with Gasteiger partial charge in [0.05, 0.1) is 13.7 Å². The number of halogens is 2. The molecule has 0 amide bonds. The second-order valence-corrected chi connectivity index (χ2v) is 6.42. The molecule has 0 radical (unpaired) electrons. The minimum atomic E-state index is -2.92. The molecule has 3 rings (SSSR count). The third-order valence-electron chi connectivity index (χ3n) is 4.05. The predicted molar refractivity (Wildman–Crippen MR) is 99.3 cm³/mol. The Kier molecular flexibility index (Phi) is 6.20. The maximum Gasteiger partial charge on any atom is 0.387 e. The quantitative estimate of drug-likeness (QED) is 0.573. The summed E-state index contributed by atoms with van der Waals surface area (Å²) < 4.78 is 40.0. The van der Waals surface area contributed by atoms with Crippen molar-refractivity contribution >= 4 is 0 Å². The van der Waals surface area contributed by atoms with E-state index < -0.39 is 6.61 Å². The van der Waals surface area contributed by atoms with Crippen LogP contribution in [0.4, 0.5) is 8.78 Å². The predicted octanol–water partition coefficient (Wildman–Crippen LogP) is 4.29. The summed E-state index contributed by atoms with van der Waals surface area (Å²) >= 11 is 0. The summed E-state index contributed by atoms with van der Waals surface area (Å²) in [5.41, 5.74) is 2.79. The Balaban J connectivity index is 1.67. The molecule has 8 heteroatoms. The number of hydrogen-bond acceptors (Lipinski definition) is 6. The van der Waals surface area contributed by atoms with Gasteiger partial charge >= 0.3 is 6.61 Å². The van der Waals surface area contributed by atoms with Gasteiger partial charge in [0.25, 0.3) is 0 Å². The fraction of sp³-hybridized carbons (Fsp3) is 0.300. The maximum atomic E-state index is 12.6. The van der Waals surface area contributed by atoms with Gasteiger partial charge in [0.1, 0.15) is 0 Å². The van der Waals surface area contributed by atoms with Crippen molar-refractivity contribution in [1.82, 2.24) is 15.0 Å². The van der Waals surface area contributed by atoms with Crippen molar-refractivity contribution in [3.63, 3.8) is 0 Å². The molecule has 0 fully saturated rings. The van der Waals surface area contributed by atoms with Crippen LogP contribution in [0.1, 0.15) is 17.0 Å². The fourth-order valence-corrected chi connectivity index (χ4v) is 2.83. The molecule has 6 nitrogen and oxygen atoms in total. The normalized spacial score (nSPS) is 11.2. The third kappa shape index (κ3) is 5.04. The standard InChI is InChI=1S/C20H21F2N3O3/c1-13-5-4-6-15(9-13)19-23-18(28-24-19)12-25(2)11-14-7-8-16(26-3)17(10-14)27-20(21)22/h4-10,20H,11-12H2,1-3H3. The number of hydrogen-bond donors (Lipinski definition) is 0. The number of aromatic nitrogens is 2. The molecule has 1 aromatic heterocycles. The lowest BCUT2D eigenvalue weighted by molar-refractivity contribution is -0.0512. The van der Waals surface area contributed by atoms with E-state index in [1.54, 1.807) is 12.1 Å². The minimum absolute atomic E-state index is 0.00271. The van der Waals surface area contributed by atoms with Crippen LogP contribution >= 0.6 is 0 Å². The van der Waals surface area contributed by atoms with Gasteiger partial charge in [-0.25, -0.2) is 0 Å². The number of methoxy groups -OCH3 is 1. The monoisotopic (exact) mass is 389 g/mol. The highest BCUT2D eigenvalue weighted by atomic mass is 19.3. The van der Waals surface area contributed by atoms with Crippen LogP contribution in [0, 0.1) is 6.92 Å². The molecule has 3 aromatic rings. The van der Waals surface area contributed by atoms with Crippen LogP contribution in [-0.2, 0) is 13.1 Å². The lowest BCUT2D eigenvalue weighted by Crippen LogP contribution is -2.17. The highest BCUT2D eigenvalue weighted by molar-refractivity contribution is 5.55. The summed E-state index contributed by atoms with van der Waals surface area (Å²) in [6.45, 7) is -0.0267. The first kappa shape index (κ1) is 19.8. The van der Waals surface area contributed by atoms with Gasteiger partial charge in [-0.1, -0.05) is 35.0 Å². The maximum absolute atomic E-state index is 12.6. The minimum Gasteiger partial charge on any atom is -0.493 e. The molecule has 1 heterocycles. The Bertz CT molecular complexity index is 931. The molecule has 28 heavy (non-hydrogen) atoms. The molecule has 0 aliphatic carbocycles. The molecule has 148 valence electrons. The van der Waals surface area contributed by atoms with E-state index in [2.05, 4.69) is 14.9 Å². The third-order valence-corrected chi connectivity index (χ3v) is 4.05. The Hall–Kier alpha value is -3.00. The van der Waals surface area contributed by atoms with E-state index in [1.807, 2.05) is 43.1 Å². The summed E-state index contributed by atoms with van der Waals surface area (Å²) in [6, 6.07) is 12.8. The van der Waals surface area contributed by atoms with Gasteiger partial charge in [0.2, 0.25) is 11.7 Å². The van der Waals surface area contributed by atoms with Crippen molar-refractivity contribution in [2.45, 2.75) is 26.6 Å². The second-order valence-electron chi connectivity index (χ2n) is 6.42. The van der Waals surface area contributed by atoms with Crippen molar-refractivity contribution < 1.29 is 22.8 Å². The summed E-state index contributed by atoms with van der Waals surface area (Å²) in [5.74, 6) is 1.26. The first-order chi connectivity index (χ1) is 13.4. The average Bonchev–Trinajstić information content (AvgIpc) is 3.10. The zero-order valence-electron chi connectivity index (χ0n) is 15.9. The van der Waals surface area contributed by atoms with Crippen LogP contribution in [-0.4, -0.2) is 35.8 Å². The van der Waals surface area contributed by atoms with Gasteiger partial charge in [-0.05, 0) is 37.7 Å². The molecule has 0 saturated carbocycles. The van der Waals surface area contributed by atoms with Crippen LogP contribution in [0.15, 0.2) is 47.0 Å². The first-order valence-electron chi connectivity index (χ1n) is 8.64. The smallest absolute Gasteiger partial charge is 0.387 e. The van der Waals surface area contributed by atoms with E-state index in [0.29, 0.717) is 24.8 Å². The van der Waals surface area contributed by atoms with Crippen LogP contribution in [0.5, 0.6) is 11.5 Å². The molecule has 0 bridgehead atoms. The Labute approximate surface area is 161 Å². The van der Waals surface area contributed by atoms with Crippen molar-refractivity contribution in [2.75, 3.05) is 14.2 Å². The lowest BCUT2D eigenvalue weighted by atomic mass is 10.1. The number of ether oxygens (including phenoxy) is 2. The topological polar surface area (TPSA) is 60.6 Å². The molecule has 0 atom stereocenters.